The quantitative estimate of drug-likeness (QED) is 0.899. The molecule has 0 amide bonds. The molecule has 0 aliphatic heterocycles. The highest BCUT2D eigenvalue weighted by atomic mass is 16.5. The van der Waals surface area contributed by atoms with Gasteiger partial charge in [-0.25, -0.2) is 0 Å². The van der Waals surface area contributed by atoms with Crippen LogP contribution in [0.25, 0.3) is 11.4 Å². The van der Waals surface area contributed by atoms with Crippen LogP contribution in [0.5, 0.6) is 17.5 Å². The second-order valence-corrected chi connectivity index (χ2v) is 4.57. The maximum atomic E-state index is 5.71. The van der Waals surface area contributed by atoms with Crippen LogP contribution in [0, 0.1) is 0 Å². The van der Waals surface area contributed by atoms with Crippen molar-refractivity contribution >= 4 is 5.95 Å². The van der Waals surface area contributed by atoms with Crippen molar-refractivity contribution in [2.75, 3.05) is 20.0 Å². The minimum atomic E-state index is -0.0560. The average molecular weight is 290 g/mol. The predicted octanol–water partition coefficient (Wildman–Crippen LogP) is 1.93. The van der Waals surface area contributed by atoms with Crippen molar-refractivity contribution in [2.24, 2.45) is 0 Å². The second-order valence-electron chi connectivity index (χ2n) is 4.57. The zero-order chi connectivity index (χ0) is 15.4. The van der Waals surface area contributed by atoms with Crippen LogP contribution in [0.3, 0.4) is 0 Å². The summed E-state index contributed by atoms with van der Waals surface area (Å²) in [5.74, 6) is 1.76. The van der Waals surface area contributed by atoms with Crippen LogP contribution in [0.15, 0.2) is 18.2 Å². The third kappa shape index (κ3) is 3.71. The van der Waals surface area contributed by atoms with Gasteiger partial charge in [0.05, 0.1) is 20.3 Å². The van der Waals surface area contributed by atoms with Gasteiger partial charge in [-0.2, -0.15) is 15.0 Å². The minimum absolute atomic E-state index is 0.0560. The van der Waals surface area contributed by atoms with E-state index in [1.807, 2.05) is 13.8 Å². The SMILES string of the molecule is COc1cc(OC)cc(-c2nc(N)nc(OC(C)C)n2)c1. The molecule has 0 bridgehead atoms. The van der Waals surface area contributed by atoms with Gasteiger partial charge in [-0.05, 0) is 26.0 Å². The van der Waals surface area contributed by atoms with Gasteiger partial charge in [0, 0.05) is 11.6 Å². The zero-order valence-electron chi connectivity index (χ0n) is 12.5. The van der Waals surface area contributed by atoms with E-state index >= 15 is 0 Å². The highest BCUT2D eigenvalue weighted by Crippen LogP contribution is 2.28. The van der Waals surface area contributed by atoms with Crippen molar-refractivity contribution in [2.45, 2.75) is 20.0 Å². The lowest BCUT2D eigenvalue weighted by Crippen LogP contribution is -2.11. The van der Waals surface area contributed by atoms with E-state index in [1.165, 1.54) is 0 Å². The Hall–Kier alpha value is -2.57. The van der Waals surface area contributed by atoms with Crippen LogP contribution < -0.4 is 19.9 Å². The number of nitrogens with zero attached hydrogens (tertiary/aromatic N) is 3. The van der Waals surface area contributed by atoms with E-state index in [9.17, 15) is 0 Å². The van der Waals surface area contributed by atoms with Crippen molar-refractivity contribution in [3.63, 3.8) is 0 Å². The topological polar surface area (TPSA) is 92.4 Å². The van der Waals surface area contributed by atoms with Gasteiger partial charge in [-0.1, -0.05) is 0 Å². The fraction of sp³-hybridized carbons (Fsp3) is 0.357. The number of anilines is 1. The van der Waals surface area contributed by atoms with Gasteiger partial charge in [0.15, 0.2) is 5.82 Å². The molecule has 1 aromatic carbocycles. The maximum absolute atomic E-state index is 5.71. The smallest absolute Gasteiger partial charge is 0.322 e. The zero-order valence-corrected chi connectivity index (χ0v) is 12.5. The van der Waals surface area contributed by atoms with E-state index in [2.05, 4.69) is 15.0 Å². The molecule has 21 heavy (non-hydrogen) atoms. The van der Waals surface area contributed by atoms with E-state index in [-0.39, 0.29) is 18.1 Å². The first-order valence-electron chi connectivity index (χ1n) is 6.43. The number of ether oxygens (including phenoxy) is 3. The molecule has 2 N–H and O–H groups in total. The summed E-state index contributed by atoms with van der Waals surface area (Å²) in [7, 11) is 3.15. The molecule has 0 aliphatic carbocycles. The summed E-state index contributed by atoms with van der Waals surface area (Å²) in [6.45, 7) is 3.77. The number of hydrogen-bond acceptors (Lipinski definition) is 7. The van der Waals surface area contributed by atoms with E-state index in [0.29, 0.717) is 22.9 Å². The summed E-state index contributed by atoms with van der Waals surface area (Å²) in [6, 6.07) is 5.53. The second kappa shape index (κ2) is 6.25. The molecule has 0 saturated heterocycles. The molecule has 1 aromatic heterocycles. The molecule has 2 rings (SSSR count). The lowest BCUT2D eigenvalue weighted by Gasteiger charge is -2.10. The molecule has 2 aromatic rings. The molecule has 0 spiro atoms. The summed E-state index contributed by atoms with van der Waals surface area (Å²) < 4.78 is 15.9. The van der Waals surface area contributed by atoms with Crippen LogP contribution in [0.4, 0.5) is 5.95 Å². The molecular weight excluding hydrogens is 272 g/mol. The van der Waals surface area contributed by atoms with Crippen molar-refractivity contribution in [1.29, 1.82) is 0 Å². The Labute approximate surface area is 123 Å². The number of rotatable bonds is 5. The lowest BCUT2D eigenvalue weighted by atomic mass is 10.2. The molecular formula is C14H18N4O3. The van der Waals surface area contributed by atoms with Crippen LogP contribution in [0.2, 0.25) is 0 Å². The number of methoxy groups -OCH3 is 2. The van der Waals surface area contributed by atoms with Gasteiger partial charge in [0.25, 0.3) is 0 Å². The van der Waals surface area contributed by atoms with Crippen LogP contribution in [-0.4, -0.2) is 35.3 Å². The Morgan fingerprint density at radius 1 is 0.952 bits per heavy atom. The average Bonchev–Trinajstić information content (AvgIpc) is 2.45. The molecule has 1 heterocycles. The Kier molecular flexibility index (Phi) is 4.42. The summed E-state index contributed by atoms with van der Waals surface area (Å²) >= 11 is 0. The molecule has 7 heteroatoms. The van der Waals surface area contributed by atoms with Crippen LogP contribution in [0.1, 0.15) is 13.8 Å². The Bertz CT molecular complexity index is 609. The number of nitrogen functional groups attached to an aromatic ring is 1. The van der Waals surface area contributed by atoms with Gasteiger partial charge in [-0.15, -0.1) is 0 Å². The molecule has 0 aliphatic rings. The third-order valence-electron chi connectivity index (χ3n) is 2.58. The number of aromatic nitrogens is 3. The lowest BCUT2D eigenvalue weighted by molar-refractivity contribution is 0.222. The van der Waals surface area contributed by atoms with E-state index in [0.717, 1.165) is 0 Å². The Balaban J connectivity index is 2.47. The molecule has 0 fully saturated rings. The van der Waals surface area contributed by atoms with E-state index < -0.39 is 0 Å². The number of nitrogens with two attached hydrogens (primary N) is 1. The normalized spacial score (nSPS) is 10.5. The Morgan fingerprint density at radius 3 is 2.10 bits per heavy atom. The maximum Gasteiger partial charge on any atom is 0.322 e. The van der Waals surface area contributed by atoms with Gasteiger partial charge < -0.3 is 19.9 Å². The molecule has 0 radical (unpaired) electrons. The molecule has 0 saturated carbocycles. The first-order chi connectivity index (χ1) is 10.0. The van der Waals surface area contributed by atoms with Crippen LogP contribution >= 0.6 is 0 Å². The van der Waals surface area contributed by atoms with Gasteiger partial charge in [0.2, 0.25) is 5.95 Å². The Morgan fingerprint density at radius 2 is 1.57 bits per heavy atom. The fourth-order valence-electron chi connectivity index (χ4n) is 1.70. The van der Waals surface area contributed by atoms with Gasteiger partial charge in [-0.3, -0.25) is 0 Å². The monoisotopic (exact) mass is 290 g/mol. The van der Waals surface area contributed by atoms with Crippen molar-refractivity contribution in [3.8, 4) is 28.9 Å². The highest BCUT2D eigenvalue weighted by molar-refractivity contribution is 5.61. The molecule has 0 atom stereocenters. The molecule has 7 nitrogen and oxygen atoms in total. The predicted molar refractivity (Wildman–Crippen MR) is 78.5 cm³/mol. The van der Waals surface area contributed by atoms with Crippen molar-refractivity contribution < 1.29 is 14.2 Å². The largest absolute Gasteiger partial charge is 0.497 e. The summed E-state index contributed by atoms with van der Waals surface area (Å²) in [5, 5.41) is 0. The molecule has 0 unspecified atom stereocenters. The standard InChI is InChI=1S/C14H18N4O3/c1-8(2)21-14-17-12(16-13(15)18-14)9-5-10(19-3)7-11(6-9)20-4/h5-8H,1-4H3,(H2,15,16,17,18). The third-order valence-corrected chi connectivity index (χ3v) is 2.58. The first kappa shape index (κ1) is 14.8. The van der Waals surface area contributed by atoms with Gasteiger partial charge >= 0.3 is 6.01 Å². The number of benzene rings is 1. The fourth-order valence-corrected chi connectivity index (χ4v) is 1.70. The minimum Gasteiger partial charge on any atom is -0.497 e. The van der Waals surface area contributed by atoms with Crippen LogP contribution in [-0.2, 0) is 0 Å². The number of hydrogen-bond donors (Lipinski definition) is 1. The van der Waals surface area contributed by atoms with Crippen molar-refractivity contribution in [3.05, 3.63) is 18.2 Å². The van der Waals surface area contributed by atoms with E-state index in [4.69, 9.17) is 19.9 Å². The van der Waals surface area contributed by atoms with Crippen molar-refractivity contribution in [1.82, 2.24) is 15.0 Å². The van der Waals surface area contributed by atoms with Gasteiger partial charge in [0.1, 0.15) is 11.5 Å². The van der Waals surface area contributed by atoms with E-state index in [1.54, 1.807) is 32.4 Å². The summed E-state index contributed by atoms with van der Waals surface area (Å²) in [5.41, 5.74) is 6.41. The first-order valence-corrected chi connectivity index (χ1v) is 6.43. The summed E-state index contributed by atoms with van der Waals surface area (Å²) in [4.78, 5) is 12.3. The summed E-state index contributed by atoms with van der Waals surface area (Å²) in [6.07, 6.45) is -0.0560. The molecule has 112 valence electrons. The highest BCUT2D eigenvalue weighted by Gasteiger charge is 2.11.